The average molecular weight is 274 g/mol. The van der Waals surface area contributed by atoms with E-state index in [9.17, 15) is 4.39 Å². The molecule has 1 aromatic carbocycles. The summed E-state index contributed by atoms with van der Waals surface area (Å²) in [6.07, 6.45) is 0. The second kappa shape index (κ2) is 5.96. The Morgan fingerprint density at radius 2 is 1.90 bits per heavy atom. The number of aromatic nitrogens is 2. The quantitative estimate of drug-likeness (QED) is 0.931. The second-order valence-electron chi connectivity index (χ2n) is 4.61. The molecule has 1 aromatic heterocycles. The molecule has 0 amide bonds. The summed E-state index contributed by atoms with van der Waals surface area (Å²) in [5.74, 6) is 0.348. The van der Waals surface area contributed by atoms with E-state index in [0.29, 0.717) is 24.6 Å². The van der Waals surface area contributed by atoms with Crippen molar-refractivity contribution in [2.75, 3.05) is 11.4 Å². The number of para-hydroxylation sites is 1. The van der Waals surface area contributed by atoms with Gasteiger partial charge in [-0.3, -0.25) is 0 Å². The van der Waals surface area contributed by atoms with Crippen molar-refractivity contribution in [1.29, 1.82) is 0 Å². The van der Waals surface area contributed by atoms with Crippen LogP contribution < -0.4 is 10.6 Å². The van der Waals surface area contributed by atoms with Crippen LogP contribution in [0.4, 0.5) is 15.9 Å². The van der Waals surface area contributed by atoms with E-state index >= 15 is 0 Å². The number of nitrogens with two attached hydrogens (primary N) is 1. The molecule has 0 bridgehead atoms. The summed E-state index contributed by atoms with van der Waals surface area (Å²) in [7, 11) is 0. The number of rotatable bonds is 4. The SMILES string of the molecule is CCN(c1ccccc1F)c1nnc(C)c(C)c1CN. The van der Waals surface area contributed by atoms with Crippen LogP contribution in [0.25, 0.3) is 0 Å². The number of halogens is 1. The number of hydrogen-bond donors (Lipinski definition) is 1. The molecule has 0 atom stereocenters. The molecule has 20 heavy (non-hydrogen) atoms. The fourth-order valence-corrected chi connectivity index (χ4v) is 2.21. The molecule has 0 fully saturated rings. The fourth-order valence-electron chi connectivity index (χ4n) is 2.21. The number of aryl methyl sites for hydroxylation is 1. The van der Waals surface area contributed by atoms with Gasteiger partial charge in [-0.1, -0.05) is 12.1 Å². The van der Waals surface area contributed by atoms with Crippen molar-refractivity contribution < 1.29 is 4.39 Å². The number of benzene rings is 1. The smallest absolute Gasteiger partial charge is 0.160 e. The first-order valence-electron chi connectivity index (χ1n) is 6.65. The van der Waals surface area contributed by atoms with Crippen molar-refractivity contribution in [3.8, 4) is 0 Å². The van der Waals surface area contributed by atoms with E-state index in [1.54, 1.807) is 23.1 Å². The Kier molecular flexibility index (Phi) is 4.29. The van der Waals surface area contributed by atoms with Gasteiger partial charge in [-0.15, -0.1) is 5.10 Å². The summed E-state index contributed by atoms with van der Waals surface area (Å²) in [4.78, 5) is 1.80. The van der Waals surface area contributed by atoms with Gasteiger partial charge in [0.15, 0.2) is 5.82 Å². The second-order valence-corrected chi connectivity index (χ2v) is 4.61. The van der Waals surface area contributed by atoms with Gasteiger partial charge < -0.3 is 10.6 Å². The fraction of sp³-hybridized carbons (Fsp3) is 0.333. The van der Waals surface area contributed by atoms with Crippen molar-refractivity contribution in [2.24, 2.45) is 5.73 Å². The minimum absolute atomic E-state index is 0.280. The highest BCUT2D eigenvalue weighted by Crippen LogP contribution is 2.30. The lowest BCUT2D eigenvalue weighted by atomic mass is 10.1. The zero-order valence-electron chi connectivity index (χ0n) is 12.0. The molecule has 0 unspecified atom stereocenters. The lowest BCUT2D eigenvalue weighted by Gasteiger charge is -2.25. The minimum atomic E-state index is -0.280. The van der Waals surface area contributed by atoms with Crippen LogP contribution in [0.1, 0.15) is 23.7 Å². The zero-order valence-corrected chi connectivity index (χ0v) is 12.0. The normalized spacial score (nSPS) is 10.7. The van der Waals surface area contributed by atoms with Crippen LogP contribution in [-0.4, -0.2) is 16.7 Å². The molecule has 0 saturated carbocycles. The number of anilines is 2. The molecule has 2 rings (SSSR count). The van der Waals surface area contributed by atoms with E-state index in [0.717, 1.165) is 16.8 Å². The van der Waals surface area contributed by atoms with Crippen LogP contribution in [0.2, 0.25) is 0 Å². The van der Waals surface area contributed by atoms with Crippen LogP contribution in [0, 0.1) is 19.7 Å². The van der Waals surface area contributed by atoms with Gasteiger partial charge in [-0.05, 0) is 38.5 Å². The van der Waals surface area contributed by atoms with Crippen LogP contribution in [0.3, 0.4) is 0 Å². The molecule has 2 aromatic rings. The maximum absolute atomic E-state index is 14.0. The molecule has 0 saturated heterocycles. The van der Waals surface area contributed by atoms with Crippen LogP contribution in [0.15, 0.2) is 24.3 Å². The van der Waals surface area contributed by atoms with E-state index in [-0.39, 0.29) is 5.82 Å². The third kappa shape index (κ3) is 2.49. The van der Waals surface area contributed by atoms with Crippen molar-refractivity contribution >= 4 is 11.5 Å². The first-order valence-corrected chi connectivity index (χ1v) is 6.65. The lowest BCUT2D eigenvalue weighted by molar-refractivity contribution is 0.624. The van der Waals surface area contributed by atoms with Crippen LogP contribution in [0.5, 0.6) is 0 Å². The summed E-state index contributed by atoms with van der Waals surface area (Å²) in [6, 6.07) is 6.64. The Morgan fingerprint density at radius 3 is 2.50 bits per heavy atom. The molecule has 1 heterocycles. The maximum atomic E-state index is 14.0. The van der Waals surface area contributed by atoms with Gasteiger partial charge in [0.25, 0.3) is 0 Å². The standard InChI is InChI=1S/C15H19FN4/c1-4-20(14-8-6-5-7-13(14)16)15-12(9-17)10(2)11(3)18-19-15/h5-8H,4,9,17H2,1-3H3. The van der Waals surface area contributed by atoms with E-state index in [2.05, 4.69) is 10.2 Å². The molecule has 0 radical (unpaired) electrons. The number of hydrogen-bond acceptors (Lipinski definition) is 4. The summed E-state index contributed by atoms with van der Waals surface area (Å²) in [5, 5.41) is 8.37. The first kappa shape index (κ1) is 14.4. The first-order chi connectivity index (χ1) is 9.60. The van der Waals surface area contributed by atoms with Crippen molar-refractivity contribution in [1.82, 2.24) is 10.2 Å². The van der Waals surface area contributed by atoms with E-state index < -0.39 is 0 Å². The average Bonchev–Trinajstić information content (AvgIpc) is 2.45. The van der Waals surface area contributed by atoms with Crippen LogP contribution >= 0.6 is 0 Å². The van der Waals surface area contributed by atoms with Crippen molar-refractivity contribution in [2.45, 2.75) is 27.3 Å². The molecule has 0 aliphatic rings. The van der Waals surface area contributed by atoms with Gasteiger partial charge in [0.1, 0.15) is 5.82 Å². The van der Waals surface area contributed by atoms with Gasteiger partial charge in [0.05, 0.1) is 11.4 Å². The molecule has 106 valence electrons. The Balaban J connectivity index is 2.59. The van der Waals surface area contributed by atoms with E-state index in [1.165, 1.54) is 6.07 Å². The van der Waals surface area contributed by atoms with Gasteiger partial charge >= 0.3 is 0 Å². The van der Waals surface area contributed by atoms with Gasteiger partial charge in [0.2, 0.25) is 0 Å². The predicted octanol–water partition coefficient (Wildman–Crippen LogP) is 2.85. The Hall–Kier alpha value is -2.01. The van der Waals surface area contributed by atoms with E-state index in [4.69, 9.17) is 5.73 Å². The zero-order chi connectivity index (χ0) is 14.7. The van der Waals surface area contributed by atoms with E-state index in [1.807, 2.05) is 20.8 Å². The highest BCUT2D eigenvalue weighted by atomic mass is 19.1. The predicted molar refractivity (Wildman–Crippen MR) is 78.5 cm³/mol. The molecule has 0 aliphatic heterocycles. The Morgan fingerprint density at radius 1 is 1.20 bits per heavy atom. The molecule has 0 aliphatic carbocycles. The third-order valence-corrected chi connectivity index (χ3v) is 3.48. The van der Waals surface area contributed by atoms with Crippen molar-refractivity contribution in [3.05, 3.63) is 46.9 Å². The Labute approximate surface area is 118 Å². The highest BCUT2D eigenvalue weighted by molar-refractivity contribution is 5.64. The number of nitrogens with zero attached hydrogens (tertiary/aromatic N) is 3. The minimum Gasteiger partial charge on any atom is -0.326 e. The third-order valence-electron chi connectivity index (χ3n) is 3.48. The monoisotopic (exact) mass is 274 g/mol. The van der Waals surface area contributed by atoms with Gasteiger partial charge in [0, 0.05) is 18.7 Å². The molecule has 4 nitrogen and oxygen atoms in total. The topological polar surface area (TPSA) is 55.0 Å². The van der Waals surface area contributed by atoms with Crippen molar-refractivity contribution in [3.63, 3.8) is 0 Å². The summed E-state index contributed by atoms with van der Waals surface area (Å²) < 4.78 is 14.0. The summed E-state index contributed by atoms with van der Waals surface area (Å²) in [6.45, 7) is 6.74. The lowest BCUT2D eigenvalue weighted by Crippen LogP contribution is -2.23. The Bertz CT molecular complexity index is 613. The van der Waals surface area contributed by atoms with Crippen LogP contribution in [-0.2, 0) is 6.54 Å². The summed E-state index contributed by atoms with van der Waals surface area (Å²) >= 11 is 0. The van der Waals surface area contributed by atoms with Gasteiger partial charge in [-0.25, -0.2) is 4.39 Å². The molecule has 2 N–H and O–H groups in total. The largest absolute Gasteiger partial charge is 0.326 e. The molecule has 0 spiro atoms. The molecular formula is C15H19FN4. The highest BCUT2D eigenvalue weighted by Gasteiger charge is 2.18. The van der Waals surface area contributed by atoms with Gasteiger partial charge in [-0.2, -0.15) is 5.10 Å². The molecular weight excluding hydrogens is 255 g/mol. The maximum Gasteiger partial charge on any atom is 0.160 e. The summed E-state index contributed by atoms with van der Waals surface area (Å²) in [5.41, 5.74) is 9.09. The molecule has 5 heteroatoms.